The normalized spacial score (nSPS) is 12.9. The zero-order valence-electron chi connectivity index (χ0n) is 10.8. The topological polar surface area (TPSA) is 20.7 Å². The lowest BCUT2D eigenvalue weighted by Gasteiger charge is -2.13. The van der Waals surface area contributed by atoms with Crippen LogP contribution in [0.2, 0.25) is 0 Å². The monoisotopic (exact) mass is 248 g/mol. The number of aromatic amines is 1. The lowest BCUT2D eigenvalue weighted by Crippen LogP contribution is -2.02. The van der Waals surface area contributed by atoms with Crippen molar-refractivity contribution in [1.29, 1.82) is 0 Å². The Kier molecular flexibility index (Phi) is 3.73. The van der Waals surface area contributed by atoms with Crippen LogP contribution in [-0.2, 0) is 12.8 Å². The zero-order valence-corrected chi connectivity index (χ0v) is 12.0. The Hall–Kier alpha value is -1.01. The Balaban J connectivity index is 2.29. The summed E-state index contributed by atoms with van der Waals surface area (Å²) in [5.74, 6) is 0.410. The molecular weight excluding hydrogens is 227 g/mol. The van der Waals surface area contributed by atoms with E-state index in [-0.39, 0.29) is 0 Å². The first-order valence-electron chi connectivity index (χ1n) is 6.30. The summed E-state index contributed by atoms with van der Waals surface area (Å²) in [5, 5.41) is 0. The molecule has 0 bridgehead atoms. The summed E-state index contributed by atoms with van der Waals surface area (Å²) in [7, 11) is 2.82. The van der Waals surface area contributed by atoms with Gasteiger partial charge in [0.15, 0.2) is 0 Å². The molecule has 0 saturated carbocycles. The van der Waals surface area contributed by atoms with Crippen LogP contribution in [0.15, 0.2) is 24.3 Å². The fourth-order valence-corrected chi connectivity index (χ4v) is 2.80. The Morgan fingerprint density at radius 3 is 2.47 bits per heavy atom. The van der Waals surface area contributed by atoms with Gasteiger partial charge in [0, 0.05) is 28.7 Å². The molecule has 2 aromatic heterocycles. The molecule has 2 atom stereocenters. The second kappa shape index (κ2) is 5.10. The van der Waals surface area contributed by atoms with Crippen LogP contribution < -0.4 is 0 Å². The molecule has 0 spiro atoms. The van der Waals surface area contributed by atoms with Crippen LogP contribution in [0.5, 0.6) is 0 Å². The summed E-state index contributed by atoms with van der Waals surface area (Å²) >= 11 is 0. The third kappa shape index (κ3) is 2.32. The van der Waals surface area contributed by atoms with E-state index in [0.717, 1.165) is 12.8 Å². The van der Waals surface area contributed by atoms with Gasteiger partial charge in [-0.15, -0.1) is 0 Å². The van der Waals surface area contributed by atoms with Crippen molar-refractivity contribution in [2.24, 2.45) is 0 Å². The molecule has 2 aromatic rings. The van der Waals surface area contributed by atoms with Gasteiger partial charge in [0.2, 0.25) is 0 Å². The van der Waals surface area contributed by atoms with Crippen LogP contribution in [0, 0.1) is 0 Å². The third-order valence-corrected chi connectivity index (χ3v) is 4.09. The predicted octanol–water partition coefficient (Wildman–Crippen LogP) is 3.73. The highest BCUT2D eigenvalue weighted by atomic mass is 31.0. The third-order valence-electron chi connectivity index (χ3n) is 3.46. The van der Waals surface area contributed by atoms with Gasteiger partial charge < -0.3 is 9.32 Å². The largest absolute Gasteiger partial charge is 0.362 e. The van der Waals surface area contributed by atoms with E-state index in [4.69, 9.17) is 0 Å². The molecule has 2 nitrogen and oxygen atoms in total. The molecule has 0 radical (unpaired) electrons. The molecule has 0 aliphatic heterocycles. The smallest absolute Gasteiger partial charge is 0.0368 e. The molecule has 0 aliphatic carbocycles. The summed E-state index contributed by atoms with van der Waals surface area (Å²) < 4.78 is 2.23. The number of nitrogens with one attached hydrogen (secondary N) is 1. The van der Waals surface area contributed by atoms with E-state index >= 15 is 0 Å². The molecule has 0 fully saturated rings. The minimum Gasteiger partial charge on any atom is -0.362 e. The maximum absolute atomic E-state index is 3.49. The van der Waals surface area contributed by atoms with Crippen molar-refractivity contribution in [2.45, 2.75) is 39.5 Å². The van der Waals surface area contributed by atoms with Gasteiger partial charge in [0.25, 0.3) is 0 Å². The van der Waals surface area contributed by atoms with Gasteiger partial charge in [0.05, 0.1) is 0 Å². The molecule has 2 heterocycles. The van der Waals surface area contributed by atoms with Gasteiger partial charge in [-0.2, -0.15) is 0 Å². The lowest BCUT2D eigenvalue weighted by molar-refractivity contribution is 0.816. The van der Waals surface area contributed by atoms with E-state index in [9.17, 15) is 0 Å². The molecule has 0 aromatic carbocycles. The summed E-state index contributed by atoms with van der Waals surface area (Å²) in [6.07, 6.45) is 2.13. The fraction of sp³-hybridized carbons (Fsp3) is 0.429. The number of aromatic nitrogens is 2. The molecule has 0 saturated heterocycles. The minimum absolute atomic E-state index is 0.410. The van der Waals surface area contributed by atoms with Crippen LogP contribution in [0.3, 0.4) is 0 Å². The first-order valence-corrected chi connectivity index (χ1v) is 6.82. The molecule has 2 unspecified atom stereocenters. The average molecular weight is 248 g/mol. The van der Waals surface area contributed by atoms with Gasteiger partial charge in [-0.3, -0.25) is 0 Å². The summed E-state index contributed by atoms with van der Waals surface area (Å²) in [6.45, 7) is 6.61. The van der Waals surface area contributed by atoms with Crippen LogP contribution >= 0.6 is 9.39 Å². The van der Waals surface area contributed by atoms with Crippen molar-refractivity contribution >= 4 is 9.39 Å². The molecule has 92 valence electrons. The predicted molar refractivity (Wildman–Crippen MR) is 76.6 cm³/mol. The Bertz CT molecular complexity index is 496. The van der Waals surface area contributed by atoms with E-state index in [1.807, 2.05) is 0 Å². The van der Waals surface area contributed by atoms with Crippen LogP contribution in [0.1, 0.15) is 49.5 Å². The molecule has 0 aliphatic rings. The summed E-state index contributed by atoms with van der Waals surface area (Å²) in [5.41, 5.74) is 5.31. The van der Waals surface area contributed by atoms with E-state index in [1.54, 1.807) is 0 Å². The first-order chi connectivity index (χ1) is 8.17. The number of H-pyrrole nitrogens is 1. The quantitative estimate of drug-likeness (QED) is 0.796. The first kappa shape index (κ1) is 12.4. The highest BCUT2D eigenvalue weighted by Gasteiger charge is 2.14. The number of hydrogen-bond donors (Lipinski definition) is 1. The lowest BCUT2D eigenvalue weighted by atomic mass is 10.1. The molecule has 0 amide bonds. The van der Waals surface area contributed by atoms with E-state index in [0.29, 0.717) is 5.92 Å². The number of aryl methyl sites for hydroxylation is 2. The Labute approximate surface area is 106 Å². The van der Waals surface area contributed by atoms with Crippen molar-refractivity contribution in [2.75, 3.05) is 0 Å². The van der Waals surface area contributed by atoms with Crippen LogP contribution in [0.25, 0.3) is 0 Å². The van der Waals surface area contributed by atoms with Crippen molar-refractivity contribution in [3.8, 4) is 0 Å². The highest BCUT2D eigenvalue weighted by Crippen LogP contribution is 2.27. The zero-order chi connectivity index (χ0) is 12.4. The van der Waals surface area contributed by atoms with E-state index in [1.165, 1.54) is 22.8 Å². The number of hydrogen-bond acceptors (Lipinski definition) is 0. The van der Waals surface area contributed by atoms with Crippen molar-refractivity contribution in [1.82, 2.24) is 9.32 Å². The second-order valence-corrected chi connectivity index (χ2v) is 5.00. The van der Waals surface area contributed by atoms with E-state index in [2.05, 4.69) is 63.7 Å². The standard InChI is InChI=1S/C14H21N2P/c1-4-11-6-8-13(15-11)10(3)14-9-7-12(5-2)16(14)17/h6-10,15H,4-5,17H2,1-3H3. The highest BCUT2D eigenvalue weighted by molar-refractivity contribution is 7.14. The van der Waals surface area contributed by atoms with Gasteiger partial charge in [-0.1, -0.05) is 20.8 Å². The average Bonchev–Trinajstić information content (AvgIpc) is 2.94. The molecule has 1 N–H and O–H groups in total. The van der Waals surface area contributed by atoms with Crippen LogP contribution in [0.4, 0.5) is 0 Å². The second-order valence-electron chi connectivity index (χ2n) is 4.49. The number of nitrogens with zero attached hydrogens (tertiary/aromatic N) is 1. The Morgan fingerprint density at radius 2 is 1.94 bits per heavy atom. The van der Waals surface area contributed by atoms with Crippen molar-refractivity contribution < 1.29 is 0 Å². The van der Waals surface area contributed by atoms with Crippen LogP contribution in [-0.4, -0.2) is 9.32 Å². The van der Waals surface area contributed by atoms with Crippen molar-refractivity contribution in [3.05, 3.63) is 47.0 Å². The summed E-state index contributed by atoms with van der Waals surface area (Å²) in [4.78, 5) is 3.49. The molecular formula is C14H21N2P. The van der Waals surface area contributed by atoms with Gasteiger partial charge >= 0.3 is 0 Å². The minimum atomic E-state index is 0.410. The van der Waals surface area contributed by atoms with E-state index < -0.39 is 0 Å². The summed E-state index contributed by atoms with van der Waals surface area (Å²) in [6, 6.07) is 8.82. The molecule has 3 heteroatoms. The van der Waals surface area contributed by atoms with Crippen molar-refractivity contribution in [3.63, 3.8) is 0 Å². The van der Waals surface area contributed by atoms with Gasteiger partial charge in [-0.05, 0) is 46.5 Å². The Morgan fingerprint density at radius 1 is 1.18 bits per heavy atom. The van der Waals surface area contributed by atoms with Gasteiger partial charge in [-0.25, -0.2) is 0 Å². The van der Waals surface area contributed by atoms with Gasteiger partial charge in [0.1, 0.15) is 0 Å². The SMILES string of the molecule is CCc1ccc(C(C)c2ccc(CC)n2P)[nH]1. The maximum atomic E-state index is 3.49. The molecule has 2 rings (SSSR count). The maximum Gasteiger partial charge on any atom is 0.0368 e. The fourth-order valence-electron chi connectivity index (χ4n) is 2.23. The molecule has 17 heavy (non-hydrogen) atoms. The number of rotatable bonds is 4.